The maximum absolute atomic E-state index is 12.1. The van der Waals surface area contributed by atoms with Crippen molar-refractivity contribution in [2.75, 3.05) is 13.1 Å². The molecule has 0 bridgehead atoms. The van der Waals surface area contributed by atoms with Crippen LogP contribution in [0.2, 0.25) is 0 Å². The zero-order valence-corrected chi connectivity index (χ0v) is 11.9. The molecule has 16 heavy (non-hydrogen) atoms. The second kappa shape index (κ2) is 5.27. The minimum atomic E-state index is 0.0770. The number of carbonyl (C=O) groups is 1. The first-order valence-electron chi connectivity index (χ1n) is 5.20. The van der Waals surface area contributed by atoms with Crippen molar-refractivity contribution in [2.45, 2.75) is 17.7 Å². The highest BCUT2D eigenvalue weighted by Crippen LogP contribution is 2.19. The molecule has 0 aromatic carbocycles. The Morgan fingerprint density at radius 1 is 1.38 bits per heavy atom. The molecule has 86 valence electrons. The number of likely N-dealkylation sites (tertiary alicyclic amines) is 1. The van der Waals surface area contributed by atoms with Gasteiger partial charge in [0.2, 0.25) is 0 Å². The molecule has 1 amide bonds. The van der Waals surface area contributed by atoms with Crippen LogP contribution >= 0.6 is 31.9 Å². The highest BCUT2D eigenvalue weighted by molar-refractivity contribution is 9.10. The van der Waals surface area contributed by atoms with Gasteiger partial charge >= 0.3 is 0 Å². The fourth-order valence-corrected chi connectivity index (χ4v) is 2.54. The average molecular weight is 348 g/mol. The van der Waals surface area contributed by atoms with Crippen molar-refractivity contribution in [2.24, 2.45) is 0 Å². The van der Waals surface area contributed by atoms with Gasteiger partial charge in [0, 0.05) is 34.8 Å². The number of hydrogen-bond acceptors (Lipinski definition) is 2. The van der Waals surface area contributed by atoms with E-state index in [1.807, 2.05) is 11.0 Å². The van der Waals surface area contributed by atoms with Crippen LogP contribution in [0.25, 0.3) is 0 Å². The zero-order chi connectivity index (χ0) is 11.5. The molecule has 1 aromatic heterocycles. The van der Waals surface area contributed by atoms with E-state index < -0.39 is 0 Å². The van der Waals surface area contributed by atoms with E-state index in [0.29, 0.717) is 10.4 Å². The molecule has 0 spiro atoms. The Morgan fingerprint density at radius 2 is 2.06 bits per heavy atom. The largest absolute Gasteiger partial charge is 0.339 e. The van der Waals surface area contributed by atoms with Crippen LogP contribution in [0.5, 0.6) is 0 Å². The van der Waals surface area contributed by atoms with Gasteiger partial charge in [0.1, 0.15) is 0 Å². The van der Waals surface area contributed by atoms with Gasteiger partial charge in [0.05, 0.1) is 5.56 Å². The number of aromatic nitrogens is 1. The Balaban J connectivity index is 2.08. The van der Waals surface area contributed by atoms with Crippen molar-refractivity contribution in [1.29, 1.82) is 0 Å². The van der Waals surface area contributed by atoms with Gasteiger partial charge < -0.3 is 4.90 Å². The normalized spacial score (nSPS) is 17.5. The molecule has 0 aliphatic carbocycles. The third kappa shape index (κ3) is 2.83. The molecular weight excluding hydrogens is 336 g/mol. The Morgan fingerprint density at radius 3 is 2.69 bits per heavy atom. The van der Waals surface area contributed by atoms with Crippen LogP contribution in [0.4, 0.5) is 0 Å². The van der Waals surface area contributed by atoms with E-state index in [1.54, 1.807) is 12.4 Å². The fraction of sp³-hybridized carbons (Fsp3) is 0.455. The smallest absolute Gasteiger partial charge is 0.255 e. The summed E-state index contributed by atoms with van der Waals surface area (Å²) in [6.07, 6.45) is 5.34. The van der Waals surface area contributed by atoms with Crippen LogP contribution in [-0.4, -0.2) is 33.7 Å². The highest BCUT2D eigenvalue weighted by atomic mass is 79.9. The fourth-order valence-electron chi connectivity index (χ4n) is 1.76. The number of piperidine rings is 1. The Kier molecular flexibility index (Phi) is 3.97. The van der Waals surface area contributed by atoms with Crippen LogP contribution in [0.15, 0.2) is 22.9 Å². The number of carbonyl (C=O) groups excluding carboxylic acids is 1. The molecule has 0 N–H and O–H groups in total. The van der Waals surface area contributed by atoms with Gasteiger partial charge in [0.15, 0.2) is 0 Å². The first-order valence-corrected chi connectivity index (χ1v) is 6.91. The van der Waals surface area contributed by atoms with E-state index in [9.17, 15) is 4.79 Å². The second-order valence-corrected chi connectivity index (χ2v) is 6.07. The number of nitrogens with zero attached hydrogens (tertiary/aromatic N) is 2. The van der Waals surface area contributed by atoms with E-state index in [4.69, 9.17) is 0 Å². The molecule has 1 aliphatic heterocycles. The van der Waals surface area contributed by atoms with E-state index in [0.717, 1.165) is 30.4 Å². The molecule has 3 nitrogen and oxygen atoms in total. The van der Waals surface area contributed by atoms with Crippen LogP contribution in [0.3, 0.4) is 0 Å². The molecule has 2 rings (SSSR count). The van der Waals surface area contributed by atoms with Crippen molar-refractivity contribution < 1.29 is 4.79 Å². The van der Waals surface area contributed by atoms with E-state index >= 15 is 0 Å². The Bertz CT molecular complexity index is 389. The third-order valence-corrected chi connectivity index (χ3v) is 4.01. The summed E-state index contributed by atoms with van der Waals surface area (Å²) in [6, 6.07) is 1.82. The van der Waals surface area contributed by atoms with Crippen molar-refractivity contribution in [1.82, 2.24) is 9.88 Å². The number of hydrogen-bond donors (Lipinski definition) is 0. The molecule has 0 unspecified atom stereocenters. The van der Waals surface area contributed by atoms with Crippen LogP contribution < -0.4 is 0 Å². The number of amides is 1. The summed E-state index contributed by atoms with van der Waals surface area (Å²) < 4.78 is 0.841. The topological polar surface area (TPSA) is 33.2 Å². The van der Waals surface area contributed by atoms with Crippen molar-refractivity contribution in [3.05, 3.63) is 28.5 Å². The number of rotatable bonds is 1. The molecule has 0 radical (unpaired) electrons. The predicted octanol–water partition coefficient (Wildman–Crippen LogP) is 2.84. The van der Waals surface area contributed by atoms with Crippen molar-refractivity contribution >= 4 is 37.8 Å². The summed E-state index contributed by atoms with van der Waals surface area (Å²) in [7, 11) is 0. The third-order valence-electron chi connectivity index (χ3n) is 2.66. The molecule has 0 saturated carbocycles. The minimum absolute atomic E-state index is 0.0770. The van der Waals surface area contributed by atoms with Gasteiger partial charge in [-0.2, -0.15) is 0 Å². The molecule has 1 aromatic rings. The van der Waals surface area contributed by atoms with Gasteiger partial charge in [-0.25, -0.2) is 0 Å². The summed E-state index contributed by atoms with van der Waals surface area (Å²) in [5.41, 5.74) is 0.655. The first kappa shape index (κ1) is 12.0. The molecule has 5 heteroatoms. The summed E-state index contributed by atoms with van der Waals surface area (Å²) in [6.45, 7) is 1.64. The zero-order valence-electron chi connectivity index (χ0n) is 8.70. The minimum Gasteiger partial charge on any atom is -0.339 e. The monoisotopic (exact) mass is 346 g/mol. The molecule has 1 fully saturated rings. The molecule has 1 saturated heterocycles. The second-order valence-electron chi connectivity index (χ2n) is 3.86. The van der Waals surface area contributed by atoms with Gasteiger partial charge in [0.25, 0.3) is 5.91 Å². The Hall–Kier alpha value is -0.420. The number of pyridine rings is 1. The lowest BCUT2D eigenvalue weighted by molar-refractivity contribution is 0.0728. The predicted molar refractivity (Wildman–Crippen MR) is 69.8 cm³/mol. The maximum Gasteiger partial charge on any atom is 0.255 e. The molecular formula is C11H12Br2N2O. The lowest BCUT2D eigenvalue weighted by Crippen LogP contribution is -2.38. The molecule has 0 atom stereocenters. The van der Waals surface area contributed by atoms with Crippen molar-refractivity contribution in [3.8, 4) is 0 Å². The number of halogens is 2. The average Bonchev–Trinajstić information content (AvgIpc) is 2.29. The number of alkyl halides is 1. The van der Waals surface area contributed by atoms with E-state index in [-0.39, 0.29) is 5.91 Å². The van der Waals surface area contributed by atoms with E-state index in [1.165, 1.54) is 0 Å². The lowest BCUT2D eigenvalue weighted by atomic mass is 10.1. The highest BCUT2D eigenvalue weighted by Gasteiger charge is 2.22. The van der Waals surface area contributed by atoms with Crippen LogP contribution in [-0.2, 0) is 0 Å². The van der Waals surface area contributed by atoms with Gasteiger partial charge in [-0.15, -0.1) is 0 Å². The lowest BCUT2D eigenvalue weighted by Gasteiger charge is -2.29. The quantitative estimate of drug-likeness (QED) is 0.732. The molecule has 1 aliphatic rings. The van der Waals surface area contributed by atoms with Crippen LogP contribution in [0.1, 0.15) is 23.2 Å². The SMILES string of the molecule is O=C(c1cncc(Br)c1)N1CCC(Br)CC1. The standard InChI is InChI=1S/C11H12Br2N2O/c12-9-1-3-15(4-2-9)11(16)8-5-10(13)7-14-6-8/h5-7,9H,1-4H2. The molecule has 2 heterocycles. The Labute approximate surface area is 111 Å². The summed E-state index contributed by atoms with van der Waals surface area (Å²) in [4.78, 5) is 18.6. The summed E-state index contributed by atoms with van der Waals surface area (Å²) >= 11 is 6.90. The first-order chi connectivity index (χ1) is 7.66. The van der Waals surface area contributed by atoms with Gasteiger partial charge in [-0.1, -0.05) is 15.9 Å². The van der Waals surface area contributed by atoms with Crippen molar-refractivity contribution in [3.63, 3.8) is 0 Å². The van der Waals surface area contributed by atoms with E-state index in [2.05, 4.69) is 36.8 Å². The van der Waals surface area contributed by atoms with Gasteiger partial charge in [-0.05, 0) is 34.8 Å². The summed E-state index contributed by atoms with van der Waals surface area (Å²) in [5, 5.41) is 0. The maximum atomic E-state index is 12.1. The van der Waals surface area contributed by atoms with Crippen LogP contribution in [0, 0.1) is 0 Å². The van der Waals surface area contributed by atoms with Gasteiger partial charge in [-0.3, -0.25) is 9.78 Å². The summed E-state index contributed by atoms with van der Waals surface area (Å²) in [5.74, 6) is 0.0770.